The summed E-state index contributed by atoms with van der Waals surface area (Å²) in [5.41, 5.74) is 2.96. The number of hydrogen-bond donors (Lipinski definition) is 1. The van der Waals surface area contributed by atoms with Crippen LogP contribution in [0.25, 0.3) is 0 Å². The third kappa shape index (κ3) is 7.84. The van der Waals surface area contributed by atoms with Crippen LogP contribution in [0.3, 0.4) is 0 Å². The molecule has 0 unspecified atom stereocenters. The number of ether oxygens (including phenoxy) is 1. The van der Waals surface area contributed by atoms with Crippen molar-refractivity contribution in [1.29, 1.82) is 0 Å². The van der Waals surface area contributed by atoms with Gasteiger partial charge in [0.25, 0.3) is 0 Å². The second-order valence-corrected chi connectivity index (χ2v) is 16.0. The maximum atomic E-state index is 14.8. The first-order valence-corrected chi connectivity index (χ1v) is 17.6. The molecule has 0 amide bonds. The third-order valence-electron chi connectivity index (χ3n) is 7.15. The number of carbonyl (C=O) groups excluding carboxylic acids is 1. The van der Waals surface area contributed by atoms with Crippen molar-refractivity contribution in [3.8, 4) is 0 Å². The van der Waals surface area contributed by atoms with E-state index in [9.17, 15) is 17.8 Å². The maximum Gasteiger partial charge on any atom is 0.334 e. The van der Waals surface area contributed by atoms with Gasteiger partial charge in [0.15, 0.2) is 0 Å². The Morgan fingerprint density at radius 2 is 1.49 bits per heavy atom. The highest BCUT2D eigenvalue weighted by molar-refractivity contribution is 7.90. The van der Waals surface area contributed by atoms with Crippen LogP contribution in [0.1, 0.15) is 129 Å². The topological polar surface area (TPSA) is 98.8 Å². The fourth-order valence-electron chi connectivity index (χ4n) is 5.20. The molecule has 9 heteroatoms. The Morgan fingerprint density at radius 1 is 0.923 bits per heavy atom. The van der Waals surface area contributed by atoms with Crippen molar-refractivity contribution in [1.82, 2.24) is 4.72 Å². The van der Waals surface area contributed by atoms with Gasteiger partial charge in [0.2, 0.25) is 17.4 Å². The van der Waals surface area contributed by atoms with Crippen molar-refractivity contribution in [2.75, 3.05) is 13.2 Å². The summed E-state index contributed by atoms with van der Waals surface area (Å²) in [5.74, 6) is -1.32. The van der Waals surface area contributed by atoms with Gasteiger partial charge in [-0.1, -0.05) is 67.5 Å². The molecule has 0 saturated carbocycles. The highest BCUT2D eigenvalue weighted by atomic mass is 32.2. The second kappa shape index (κ2) is 13.9. The van der Waals surface area contributed by atoms with Crippen molar-refractivity contribution >= 4 is 23.4 Å². The molecule has 7 nitrogen and oxygen atoms in total. The zero-order valence-electron chi connectivity index (χ0n) is 25.6. The maximum absolute atomic E-state index is 14.8. The minimum Gasteiger partial charge on any atom is -0.463 e. The van der Waals surface area contributed by atoms with Crippen LogP contribution in [0.15, 0.2) is 27.9 Å². The molecule has 1 N–H and O–H groups in total. The lowest BCUT2D eigenvalue weighted by atomic mass is 9.89. The molecule has 222 valence electrons. The van der Waals surface area contributed by atoms with Gasteiger partial charge in [-0.2, -0.15) is 4.72 Å². The minimum absolute atomic E-state index is 0.0250. The highest BCUT2D eigenvalue weighted by Crippen LogP contribution is 2.64. The Labute approximate surface area is 237 Å². The standard InChI is InChI=1S/C30H50NO6PS/c1-11-36-30(32)24-14-13-15-27(24)38(33,37-12-2)28(16-19(3)4)31-39(34,35)29-25(21(7)8)17-23(20(5)6)18-26(29)22(9)10/h17-22,28,31H,11-16H2,1-10H3/t28-,38-/m1/s1. The first kappa shape index (κ1) is 33.7. The Morgan fingerprint density at radius 3 is 1.92 bits per heavy atom. The molecular weight excluding hydrogens is 533 g/mol. The Hall–Kier alpha value is -1.47. The lowest BCUT2D eigenvalue weighted by Crippen LogP contribution is -2.38. The van der Waals surface area contributed by atoms with Crippen LogP contribution >= 0.6 is 7.37 Å². The Balaban J connectivity index is 2.78. The van der Waals surface area contributed by atoms with Gasteiger partial charge in [0, 0.05) is 10.9 Å². The van der Waals surface area contributed by atoms with Crippen molar-refractivity contribution in [3.05, 3.63) is 39.7 Å². The molecule has 0 aliphatic heterocycles. The van der Waals surface area contributed by atoms with E-state index in [1.807, 2.05) is 53.7 Å². The largest absolute Gasteiger partial charge is 0.463 e. The molecular formula is C30H50NO6PS. The number of nitrogens with one attached hydrogen (secondary N) is 1. The lowest BCUT2D eigenvalue weighted by molar-refractivity contribution is -0.138. The van der Waals surface area contributed by atoms with Gasteiger partial charge in [0.05, 0.1) is 18.1 Å². The Kier molecular flexibility index (Phi) is 12.1. The number of benzene rings is 1. The van der Waals surface area contributed by atoms with Gasteiger partial charge in [-0.15, -0.1) is 0 Å². The summed E-state index contributed by atoms with van der Waals surface area (Å²) < 4.78 is 57.7. The van der Waals surface area contributed by atoms with E-state index in [4.69, 9.17) is 9.26 Å². The van der Waals surface area contributed by atoms with Crippen molar-refractivity contribution in [3.63, 3.8) is 0 Å². The molecule has 1 aromatic rings. The van der Waals surface area contributed by atoms with E-state index in [0.29, 0.717) is 36.6 Å². The molecule has 0 radical (unpaired) electrons. The molecule has 0 spiro atoms. The van der Waals surface area contributed by atoms with Crippen LogP contribution in [0, 0.1) is 5.92 Å². The quantitative estimate of drug-likeness (QED) is 0.176. The average molecular weight is 584 g/mol. The van der Waals surface area contributed by atoms with Gasteiger partial charge in [-0.3, -0.25) is 4.57 Å². The lowest BCUT2D eigenvalue weighted by Gasteiger charge is -2.32. The summed E-state index contributed by atoms with van der Waals surface area (Å²) in [4.78, 5) is 13.1. The summed E-state index contributed by atoms with van der Waals surface area (Å²) in [6.45, 7) is 19.9. The van der Waals surface area contributed by atoms with Gasteiger partial charge < -0.3 is 9.26 Å². The van der Waals surface area contributed by atoms with E-state index in [2.05, 4.69) is 18.6 Å². The molecule has 0 aromatic heterocycles. The molecule has 1 aliphatic carbocycles. The smallest absolute Gasteiger partial charge is 0.334 e. The molecule has 1 aliphatic rings. The van der Waals surface area contributed by atoms with Crippen LogP contribution in [0.2, 0.25) is 0 Å². The monoisotopic (exact) mass is 583 g/mol. The number of rotatable bonds is 14. The van der Waals surface area contributed by atoms with Gasteiger partial charge >= 0.3 is 5.97 Å². The van der Waals surface area contributed by atoms with Gasteiger partial charge in [-0.25, -0.2) is 13.2 Å². The molecule has 0 fully saturated rings. The predicted molar refractivity (Wildman–Crippen MR) is 159 cm³/mol. The molecule has 2 rings (SSSR count). The Bertz CT molecular complexity index is 1170. The van der Waals surface area contributed by atoms with Gasteiger partial charge in [-0.05, 0) is 79.9 Å². The van der Waals surface area contributed by atoms with E-state index in [0.717, 1.165) is 16.7 Å². The normalized spacial score (nSPS) is 17.0. The van der Waals surface area contributed by atoms with Crippen LogP contribution in [-0.4, -0.2) is 33.4 Å². The van der Waals surface area contributed by atoms with E-state index < -0.39 is 29.1 Å². The fourth-order valence-corrected chi connectivity index (χ4v) is 10.8. The molecule has 0 bridgehead atoms. The molecule has 1 aromatic carbocycles. The van der Waals surface area contributed by atoms with Crippen molar-refractivity contribution in [2.45, 2.75) is 123 Å². The van der Waals surface area contributed by atoms with Crippen LogP contribution < -0.4 is 4.72 Å². The van der Waals surface area contributed by atoms with E-state index in [-0.39, 0.29) is 41.8 Å². The van der Waals surface area contributed by atoms with Crippen molar-refractivity contribution < 1.29 is 27.0 Å². The van der Waals surface area contributed by atoms with E-state index in [1.165, 1.54) is 0 Å². The number of sulfonamides is 1. The minimum atomic E-state index is -4.12. The number of carbonyl (C=O) groups is 1. The summed E-state index contributed by atoms with van der Waals surface area (Å²) in [6, 6.07) is 3.99. The van der Waals surface area contributed by atoms with E-state index >= 15 is 0 Å². The predicted octanol–water partition coefficient (Wildman–Crippen LogP) is 8.02. The zero-order valence-corrected chi connectivity index (χ0v) is 27.3. The molecule has 0 saturated heterocycles. The second-order valence-electron chi connectivity index (χ2n) is 11.8. The number of esters is 1. The number of allylic oxidation sites excluding steroid dienone is 1. The van der Waals surface area contributed by atoms with E-state index in [1.54, 1.807) is 13.8 Å². The van der Waals surface area contributed by atoms with Crippen LogP contribution in [-0.2, 0) is 28.6 Å². The summed E-state index contributed by atoms with van der Waals surface area (Å²) >= 11 is 0. The zero-order chi connectivity index (χ0) is 29.7. The molecule has 2 atom stereocenters. The highest BCUT2D eigenvalue weighted by Gasteiger charge is 2.45. The van der Waals surface area contributed by atoms with Crippen LogP contribution in [0.4, 0.5) is 0 Å². The average Bonchev–Trinajstić information content (AvgIpc) is 3.33. The SMILES string of the molecule is CCOC(=O)C1=C([P@@](=O)(OCC)[C@H](CC(C)C)NS(=O)(=O)c2c(C(C)C)cc(C(C)C)cc2C(C)C)CCC1. The first-order valence-electron chi connectivity index (χ1n) is 14.4. The fraction of sp³-hybridized carbons (Fsp3) is 0.700. The molecule has 0 heterocycles. The first-order chi connectivity index (χ1) is 18.1. The van der Waals surface area contributed by atoms with Gasteiger partial charge in [0.1, 0.15) is 5.78 Å². The molecule has 39 heavy (non-hydrogen) atoms. The summed E-state index contributed by atoms with van der Waals surface area (Å²) in [5, 5.41) is 0.416. The summed E-state index contributed by atoms with van der Waals surface area (Å²) in [7, 11) is -7.91. The summed E-state index contributed by atoms with van der Waals surface area (Å²) in [6.07, 6.45) is 1.80. The third-order valence-corrected chi connectivity index (χ3v) is 12.0. The number of hydrogen-bond acceptors (Lipinski definition) is 6. The van der Waals surface area contributed by atoms with Crippen LogP contribution in [0.5, 0.6) is 0 Å². The van der Waals surface area contributed by atoms with Crippen molar-refractivity contribution in [2.24, 2.45) is 5.92 Å².